The second-order valence-electron chi connectivity index (χ2n) is 9.04. The molecule has 0 amide bonds. The molecule has 2 aromatic rings. The van der Waals surface area contributed by atoms with E-state index >= 15 is 0 Å². The van der Waals surface area contributed by atoms with Gasteiger partial charge in [0, 0.05) is 6.42 Å². The zero-order chi connectivity index (χ0) is 21.6. The van der Waals surface area contributed by atoms with Gasteiger partial charge in [0.1, 0.15) is 0 Å². The minimum Gasteiger partial charge on any atom is -0.207 e. The van der Waals surface area contributed by atoms with Crippen LogP contribution < -0.4 is 0 Å². The molecule has 2 atom stereocenters. The van der Waals surface area contributed by atoms with Gasteiger partial charge in [-0.25, -0.2) is 17.6 Å². The molecule has 0 saturated carbocycles. The van der Waals surface area contributed by atoms with E-state index in [1.807, 2.05) is 36.4 Å². The average molecular weight is 431 g/mol. The summed E-state index contributed by atoms with van der Waals surface area (Å²) in [5.74, 6) is -6.75. The van der Waals surface area contributed by atoms with Crippen molar-refractivity contribution < 1.29 is 17.6 Å². The number of allylic oxidation sites excluding steroid dienone is 2. The molecule has 2 unspecified atom stereocenters. The highest BCUT2D eigenvalue weighted by Crippen LogP contribution is 2.50. The standard InChI is InChI=1S/C25H26F4Si/c1-24(26,27)17-25(28,29)15-16-30(2,22-13-11-18-7-3-5-9-20(18)22)23-14-12-19-8-4-6-10-21(19)23/h3-14,22-23H,15-17H2,1-2H3. The van der Waals surface area contributed by atoms with Crippen molar-refractivity contribution in [3.8, 4) is 0 Å². The highest BCUT2D eigenvalue weighted by atomic mass is 28.3. The Balaban J connectivity index is 1.70. The van der Waals surface area contributed by atoms with Gasteiger partial charge >= 0.3 is 0 Å². The minimum atomic E-state index is -3.38. The van der Waals surface area contributed by atoms with E-state index < -0.39 is 32.8 Å². The van der Waals surface area contributed by atoms with E-state index in [4.69, 9.17) is 0 Å². The van der Waals surface area contributed by atoms with E-state index in [0.717, 1.165) is 11.1 Å². The average Bonchev–Trinajstić information content (AvgIpc) is 3.29. The fraction of sp³-hybridized carbons (Fsp3) is 0.360. The molecule has 2 aromatic carbocycles. The van der Waals surface area contributed by atoms with Crippen LogP contribution in [0.2, 0.25) is 12.6 Å². The van der Waals surface area contributed by atoms with Crippen LogP contribution >= 0.6 is 0 Å². The van der Waals surface area contributed by atoms with Crippen LogP contribution in [0.4, 0.5) is 17.6 Å². The topological polar surface area (TPSA) is 0 Å². The van der Waals surface area contributed by atoms with Crippen LogP contribution in [0, 0.1) is 0 Å². The molecule has 0 aliphatic heterocycles. The lowest BCUT2D eigenvalue weighted by molar-refractivity contribution is -0.102. The molecule has 30 heavy (non-hydrogen) atoms. The molecule has 0 bridgehead atoms. The van der Waals surface area contributed by atoms with Crippen molar-refractivity contribution in [2.45, 2.75) is 55.3 Å². The van der Waals surface area contributed by atoms with Crippen molar-refractivity contribution in [3.63, 3.8) is 0 Å². The molecule has 0 nitrogen and oxygen atoms in total. The summed E-state index contributed by atoms with van der Waals surface area (Å²) in [6.45, 7) is 2.74. The predicted octanol–water partition coefficient (Wildman–Crippen LogP) is 7.84. The van der Waals surface area contributed by atoms with E-state index in [1.54, 1.807) is 0 Å². The predicted molar refractivity (Wildman–Crippen MR) is 118 cm³/mol. The molecule has 158 valence electrons. The zero-order valence-electron chi connectivity index (χ0n) is 17.2. The Morgan fingerprint density at radius 3 is 1.73 bits per heavy atom. The van der Waals surface area contributed by atoms with Crippen LogP contribution in [-0.2, 0) is 0 Å². The van der Waals surface area contributed by atoms with Gasteiger partial charge in [0.05, 0.1) is 14.5 Å². The summed E-state index contributed by atoms with van der Waals surface area (Å²) in [7, 11) is -2.47. The van der Waals surface area contributed by atoms with Crippen molar-refractivity contribution in [2.24, 2.45) is 0 Å². The van der Waals surface area contributed by atoms with Gasteiger partial charge < -0.3 is 0 Å². The van der Waals surface area contributed by atoms with Crippen molar-refractivity contribution in [1.82, 2.24) is 0 Å². The molecule has 5 heteroatoms. The molecule has 0 aromatic heterocycles. The van der Waals surface area contributed by atoms with Gasteiger partial charge in [0.25, 0.3) is 11.8 Å². The minimum absolute atomic E-state index is 0.0763. The lowest BCUT2D eigenvalue weighted by Gasteiger charge is -2.40. The second-order valence-corrected chi connectivity index (χ2v) is 13.8. The Morgan fingerprint density at radius 2 is 1.27 bits per heavy atom. The Morgan fingerprint density at radius 1 is 0.800 bits per heavy atom. The Labute approximate surface area is 176 Å². The Hall–Kier alpha value is -2.14. The third kappa shape index (κ3) is 4.04. The van der Waals surface area contributed by atoms with Crippen molar-refractivity contribution in [3.05, 3.63) is 82.9 Å². The largest absolute Gasteiger partial charge is 0.253 e. The zero-order valence-corrected chi connectivity index (χ0v) is 18.2. The summed E-state index contributed by atoms with van der Waals surface area (Å²) in [5.41, 5.74) is 4.76. The Kier molecular flexibility index (Phi) is 5.29. The lowest BCUT2D eigenvalue weighted by atomic mass is 10.1. The fourth-order valence-electron chi connectivity index (χ4n) is 5.15. The first-order chi connectivity index (χ1) is 14.1. The number of hydrogen-bond donors (Lipinski definition) is 0. The molecular weight excluding hydrogens is 404 g/mol. The summed E-state index contributed by atoms with van der Waals surface area (Å²) in [6.07, 6.45) is 6.57. The number of benzene rings is 2. The monoisotopic (exact) mass is 430 g/mol. The number of hydrogen-bond acceptors (Lipinski definition) is 0. The fourth-order valence-corrected chi connectivity index (χ4v) is 10.1. The van der Waals surface area contributed by atoms with Crippen LogP contribution in [0.15, 0.2) is 60.7 Å². The van der Waals surface area contributed by atoms with E-state index in [-0.39, 0.29) is 17.1 Å². The van der Waals surface area contributed by atoms with Crippen LogP contribution in [0.3, 0.4) is 0 Å². The maximum Gasteiger partial charge on any atom is 0.253 e. The molecule has 0 spiro atoms. The van der Waals surface area contributed by atoms with Gasteiger partial charge in [-0.2, -0.15) is 0 Å². The van der Waals surface area contributed by atoms with E-state index in [9.17, 15) is 17.6 Å². The molecule has 0 radical (unpaired) electrons. The third-order valence-electron chi connectivity index (χ3n) is 6.62. The van der Waals surface area contributed by atoms with Crippen molar-refractivity contribution in [2.75, 3.05) is 0 Å². The first kappa shape index (κ1) is 21.1. The smallest absolute Gasteiger partial charge is 0.207 e. The first-order valence-electron chi connectivity index (χ1n) is 10.4. The van der Waals surface area contributed by atoms with Crippen LogP contribution in [0.1, 0.15) is 53.1 Å². The first-order valence-corrected chi connectivity index (χ1v) is 13.3. The third-order valence-corrected chi connectivity index (χ3v) is 11.8. The molecular formula is C25H26F4Si. The second kappa shape index (κ2) is 7.52. The van der Waals surface area contributed by atoms with E-state index in [1.165, 1.54) is 11.1 Å². The quantitative estimate of drug-likeness (QED) is 0.310. The molecule has 2 aliphatic rings. The summed E-state index contributed by atoms with van der Waals surface area (Å²) in [4.78, 5) is 0. The number of alkyl halides is 4. The maximum absolute atomic E-state index is 14.5. The highest BCUT2D eigenvalue weighted by molar-refractivity contribution is 6.82. The summed E-state index contributed by atoms with van der Waals surface area (Å²) >= 11 is 0. The van der Waals surface area contributed by atoms with Gasteiger partial charge in [-0.3, -0.25) is 0 Å². The summed E-state index contributed by atoms with van der Waals surface area (Å²) in [6, 6.07) is 16.5. The van der Waals surface area contributed by atoms with Crippen LogP contribution in [0.5, 0.6) is 0 Å². The van der Waals surface area contributed by atoms with Crippen LogP contribution in [0.25, 0.3) is 12.2 Å². The van der Waals surface area contributed by atoms with Crippen LogP contribution in [-0.4, -0.2) is 19.9 Å². The highest BCUT2D eigenvalue weighted by Gasteiger charge is 2.49. The molecule has 0 saturated heterocycles. The van der Waals surface area contributed by atoms with Gasteiger partial charge in [-0.05, 0) is 40.3 Å². The SMILES string of the molecule is CC(F)(F)CC(F)(F)CC[Si](C)(C1C=Cc2ccccc21)C1C=Cc2ccccc21. The molecule has 0 heterocycles. The molecule has 2 aliphatic carbocycles. The van der Waals surface area contributed by atoms with Crippen molar-refractivity contribution in [1.29, 1.82) is 0 Å². The molecule has 0 fully saturated rings. The van der Waals surface area contributed by atoms with Gasteiger partial charge in [-0.1, -0.05) is 85.4 Å². The molecule has 4 rings (SSSR count). The molecule has 0 N–H and O–H groups in total. The summed E-state index contributed by atoms with van der Waals surface area (Å²) < 4.78 is 55.7. The Bertz CT molecular complexity index is 925. The number of fused-ring (bicyclic) bond motifs is 2. The maximum atomic E-state index is 14.5. The lowest BCUT2D eigenvalue weighted by Crippen LogP contribution is -2.44. The van der Waals surface area contributed by atoms with Crippen molar-refractivity contribution >= 4 is 20.2 Å². The summed E-state index contributed by atoms with van der Waals surface area (Å²) in [5, 5.41) is 0. The normalized spacial score (nSPS) is 22.1. The van der Waals surface area contributed by atoms with E-state index in [0.29, 0.717) is 6.92 Å². The number of halogens is 4. The van der Waals surface area contributed by atoms with Gasteiger partial charge in [0.15, 0.2) is 0 Å². The van der Waals surface area contributed by atoms with Gasteiger partial charge in [-0.15, -0.1) is 0 Å². The van der Waals surface area contributed by atoms with E-state index in [2.05, 4.69) is 43.0 Å². The number of rotatable bonds is 7. The van der Waals surface area contributed by atoms with Gasteiger partial charge in [0.2, 0.25) is 0 Å².